The van der Waals surface area contributed by atoms with Crippen LogP contribution in [0.1, 0.15) is 26.3 Å². The Labute approximate surface area is 196 Å². The van der Waals surface area contributed by atoms with Gasteiger partial charge in [-0.3, -0.25) is 4.90 Å². The normalized spacial score (nSPS) is 11.6. The van der Waals surface area contributed by atoms with Crippen molar-refractivity contribution in [2.45, 2.75) is 32.8 Å². The molecule has 0 saturated heterocycles. The second kappa shape index (κ2) is 8.30. The fourth-order valence-electron chi connectivity index (χ4n) is 3.94. The number of pyridine rings is 1. The van der Waals surface area contributed by atoms with Crippen LogP contribution in [-0.2, 0) is 18.2 Å². The number of hydrogen-bond donors (Lipinski definition) is 1. The number of hydrogen-bond acceptors (Lipinski definition) is 4. The number of allylic oxidation sites excluding steroid dienone is 1. The summed E-state index contributed by atoms with van der Waals surface area (Å²) >= 11 is 0. The standard InChI is InChI=1S/C25H25FN6O2/c1-8-9-17-18-21-20(28-13-31(21)6)23(32(7)24(33)34-25(2,3)4)30-22(18)29-19(17)14-10-15(26)12-16(11-14)27-5/h8,10-13H,1,9H2,2-4,6-7H3,(H,29,30). The van der Waals surface area contributed by atoms with E-state index in [0.717, 1.165) is 16.5 Å². The Kier molecular flexibility index (Phi) is 5.61. The average Bonchev–Trinajstić information content (AvgIpc) is 3.32. The minimum Gasteiger partial charge on any atom is -0.443 e. The molecule has 4 aromatic rings. The molecule has 3 aromatic heterocycles. The summed E-state index contributed by atoms with van der Waals surface area (Å²) in [4.78, 5) is 30.0. The molecule has 8 nitrogen and oxygen atoms in total. The zero-order valence-corrected chi connectivity index (χ0v) is 19.7. The molecule has 0 unspecified atom stereocenters. The lowest BCUT2D eigenvalue weighted by atomic mass is 10.0. The predicted molar refractivity (Wildman–Crippen MR) is 131 cm³/mol. The van der Waals surface area contributed by atoms with Crippen molar-refractivity contribution in [3.05, 3.63) is 60.0 Å². The summed E-state index contributed by atoms with van der Waals surface area (Å²) in [5.41, 5.74) is 3.32. The van der Waals surface area contributed by atoms with Gasteiger partial charge >= 0.3 is 6.09 Å². The Morgan fingerprint density at radius 3 is 2.76 bits per heavy atom. The fourth-order valence-corrected chi connectivity index (χ4v) is 3.94. The van der Waals surface area contributed by atoms with E-state index in [1.165, 1.54) is 17.0 Å². The van der Waals surface area contributed by atoms with Crippen molar-refractivity contribution in [2.75, 3.05) is 11.9 Å². The number of ether oxygens (including phenoxy) is 1. The number of anilines is 1. The van der Waals surface area contributed by atoms with Gasteiger partial charge in [0, 0.05) is 19.5 Å². The van der Waals surface area contributed by atoms with Crippen LogP contribution >= 0.6 is 0 Å². The van der Waals surface area contributed by atoms with Crippen LogP contribution < -0.4 is 4.90 Å². The largest absolute Gasteiger partial charge is 0.443 e. The summed E-state index contributed by atoms with van der Waals surface area (Å²) in [7, 11) is 3.44. The summed E-state index contributed by atoms with van der Waals surface area (Å²) in [5.74, 6) is -0.174. The van der Waals surface area contributed by atoms with Crippen molar-refractivity contribution in [3.8, 4) is 11.3 Å². The number of aromatic amines is 1. The first kappa shape index (κ1) is 23.0. The number of imidazole rings is 1. The summed E-state index contributed by atoms with van der Waals surface area (Å²) in [6, 6.07) is 4.19. The molecule has 0 radical (unpaired) electrons. The van der Waals surface area contributed by atoms with E-state index in [0.29, 0.717) is 34.7 Å². The molecule has 0 saturated carbocycles. The molecule has 1 N–H and O–H groups in total. The zero-order chi connectivity index (χ0) is 24.8. The first-order valence-corrected chi connectivity index (χ1v) is 10.7. The molecule has 34 heavy (non-hydrogen) atoms. The number of H-pyrrole nitrogens is 1. The van der Waals surface area contributed by atoms with Crippen molar-refractivity contribution in [2.24, 2.45) is 7.05 Å². The number of carbonyl (C=O) groups is 1. The molecular formula is C25H25FN6O2. The fraction of sp³-hybridized carbons (Fsp3) is 0.280. The van der Waals surface area contributed by atoms with Crippen molar-refractivity contribution >= 4 is 39.7 Å². The second-order valence-electron chi connectivity index (χ2n) is 9.03. The molecule has 174 valence electrons. The van der Waals surface area contributed by atoms with Crippen LogP contribution in [0.3, 0.4) is 0 Å². The Balaban J connectivity index is 2.02. The lowest BCUT2D eigenvalue weighted by Gasteiger charge is -2.24. The van der Waals surface area contributed by atoms with Gasteiger partial charge in [-0.1, -0.05) is 6.08 Å². The monoisotopic (exact) mass is 460 g/mol. The number of halogens is 1. The molecular weight excluding hydrogens is 435 g/mol. The Morgan fingerprint density at radius 2 is 2.12 bits per heavy atom. The Morgan fingerprint density at radius 1 is 1.38 bits per heavy atom. The number of rotatable bonds is 4. The van der Waals surface area contributed by atoms with Crippen molar-refractivity contribution < 1.29 is 13.9 Å². The topological polar surface area (TPSA) is 80.4 Å². The highest BCUT2D eigenvalue weighted by molar-refractivity contribution is 6.11. The average molecular weight is 461 g/mol. The van der Waals surface area contributed by atoms with E-state index in [1.54, 1.807) is 46.3 Å². The number of nitrogens with zero attached hydrogens (tertiary/aromatic N) is 5. The second-order valence-corrected chi connectivity index (χ2v) is 9.03. The van der Waals surface area contributed by atoms with Gasteiger partial charge < -0.3 is 14.3 Å². The van der Waals surface area contributed by atoms with Crippen LogP contribution in [0.15, 0.2) is 37.2 Å². The Hall–Kier alpha value is -4.19. The maximum absolute atomic E-state index is 14.3. The van der Waals surface area contributed by atoms with Gasteiger partial charge in [0.1, 0.15) is 22.6 Å². The third kappa shape index (κ3) is 3.99. The molecule has 0 aliphatic carbocycles. The van der Waals surface area contributed by atoms with E-state index in [9.17, 15) is 9.18 Å². The number of benzene rings is 1. The highest BCUT2D eigenvalue weighted by atomic mass is 19.1. The molecule has 0 fully saturated rings. The van der Waals surface area contributed by atoms with Crippen LogP contribution in [0, 0.1) is 12.4 Å². The number of amides is 1. The SMILES string of the molecule is [C-]#[N+]c1cc(F)cc(-c2[nH]c3nc(N(C)C(=O)OC(C)(C)C)c4ncn(C)c4c3c2CC=C)c1. The van der Waals surface area contributed by atoms with Gasteiger partial charge in [-0.2, -0.15) is 0 Å². The van der Waals surface area contributed by atoms with Gasteiger partial charge in [-0.05, 0) is 56.5 Å². The first-order valence-electron chi connectivity index (χ1n) is 10.7. The molecule has 9 heteroatoms. The maximum Gasteiger partial charge on any atom is 0.415 e. The molecule has 0 bridgehead atoms. The smallest absolute Gasteiger partial charge is 0.415 e. The lowest BCUT2D eigenvalue weighted by Crippen LogP contribution is -2.34. The molecule has 1 amide bonds. The lowest BCUT2D eigenvalue weighted by molar-refractivity contribution is 0.0588. The van der Waals surface area contributed by atoms with Crippen LogP contribution in [0.25, 0.3) is 38.2 Å². The van der Waals surface area contributed by atoms with Crippen molar-refractivity contribution in [1.29, 1.82) is 0 Å². The first-order chi connectivity index (χ1) is 16.0. The molecule has 0 aliphatic rings. The minimum absolute atomic E-state index is 0.196. The van der Waals surface area contributed by atoms with E-state index >= 15 is 0 Å². The summed E-state index contributed by atoms with van der Waals surface area (Å²) in [5, 5.41) is 0.792. The van der Waals surface area contributed by atoms with Gasteiger partial charge in [0.05, 0.1) is 24.1 Å². The van der Waals surface area contributed by atoms with E-state index < -0.39 is 17.5 Å². The third-order valence-electron chi connectivity index (χ3n) is 5.32. The predicted octanol–water partition coefficient (Wildman–Crippen LogP) is 5.91. The molecule has 0 aliphatic heterocycles. The van der Waals surface area contributed by atoms with Crippen LogP contribution in [0.5, 0.6) is 0 Å². The molecule has 0 spiro atoms. The van der Waals surface area contributed by atoms with E-state index in [4.69, 9.17) is 16.3 Å². The van der Waals surface area contributed by atoms with E-state index in [-0.39, 0.29) is 5.69 Å². The number of aryl methyl sites for hydroxylation is 1. The van der Waals surface area contributed by atoms with Crippen molar-refractivity contribution in [3.63, 3.8) is 0 Å². The summed E-state index contributed by atoms with van der Waals surface area (Å²) in [6.07, 6.45) is 3.32. The highest BCUT2D eigenvalue weighted by Crippen LogP contribution is 2.38. The van der Waals surface area contributed by atoms with Crippen LogP contribution in [0.2, 0.25) is 0 Å². The van der Waals surface area contributed by atoms with Gasteiger partial charge in [-0.15, -0.1) is 6.58 Å². The highest BCUT2D eigenvalue weighted by Gasteiger charge is 2.27. The maximum atomic E-state index is 14.3. The minimum atomic E-state index is -0.673. The molecule has 1 aromatic carbocycles. The quantitative estimate of drug-likeness (QED) is 0.303. The summed E-state index contributed by atoms with van der Waals surface area (Å²) in [6.45, 7) is 16.5. The third-order valence-corrected chi connectivity index (χ3v) is 5.32. The molecule has 4 rings (SSSR count). The number of aromatic nitrogens is 4. The van der Waals surface area contributed by atoms with E-state index in [1.807, 2.05) is 11.6 Å². The molecule has 3 heterocycles. The number of fused-ring (bicyclic) bond motifs is 3. The zero-order valence-electron chi connectivity index (χ0n) is 19.7. The Bertz CT molecular complexity index is 1490. The summed E-state index contributed by atoms with van der Waals surface area (Å²) < 4.78 is 21.6. The number of carbonyl (C=O) groups excluding carboxylic acids is 1. The van der Waals surface area contributed by atoms with Gasteiger partial charge in [0.25, 0.3) is 0 Å². The van der Waals surface area contributed by atoms with Gasteiger partial charge in [0.2, 0.25) is 0 Å². The van der Waals surface area contributed by atoms with Crippen molar-refractivity contribution in [1.82, 2.24) is 19.5 Å². The van der Waals surface area contributed by atoms with Crippen LogP contribution in [-0.4, -0.2) is 38.3 Å². The van der Waals surface area contributed by atoms with Gasteiger partial charge in [0.15, 0.2) is 11.5 Å². The number of nitrogens with one attached hydrogen (secondary N) is 1. The molecule has 0 atom stereocenters. The van der Waals surface area contributed by atoms with Crippen LogP contribution in [0.4, 0.5) is 20.7 Å². The van der Waals surface area contributed by atoms with Gasteiger partial charge in [-0.25, -0.2) is 24.0 Å². The van der Waals surface area contributed by atoms with E-state index in [2.05, 4.69) is 21.4 Å².